The molecule has 1 amide bonds. The third-order valence-electron chi connectivity index (χ3n) is 2.74. The van der Waals surface area contributed by atoms with Crippen LogP contribution in [0.3, 0.4) is 0 Å². The average molecular weight is 263 g/mol. The second-order valence-electron chi connectivity index (χ2n) is 3.97. The standard InChI is InChI=1S/C12H14FN5O/c1-7-8(6-17-18-7)5-16-12(19)9-3-4-15-11(14-2)10(9)13/h3-4,6H,5H2,1-2H3,(H,14,15)(H,16,19)(H,17,18). The minimum atomic E-state index is -0.661. The quantitative estimate of drug-likeness (QED) is 0.774. The van der Waals surface area contributed by atoms with Crippen LogP contribution in [0.1, 0.15) is 21.6 Å². The van der Waals surface area contributed by atoms with Gasteiger partial charge in [0.1, 0.15) is 0 Å². The maximum Gasteiger partial charge on any atom is 0.254 e. The number of hydrogen-bond donors (Lipinski definition) is 3. The zero-order valence-electron chi connectivity index (χ0n) is 10.6. The van der Waals surface area contributed by atoms with E-state index in [0.717, 1.165) is 11.3 Å². The van der Waals surface area contributed by atoms with E-state index < -0.39 is 11.7 Å². The molecular weight excluding hydrogens is 249 g/mol. The molecule has 6 nitrogen and oxygen atoms in total. The van der Waals surface area contributed by atoms with Crippen molar-refractivity contribution >= 4 is 11.7 Å². The minimum absolute atomic E-state index is 0.0412. The predicted molar refractivity (Wildman–Crippen MR) is 68.2 cm³/mol. The first-order valence-corrected chi connectivity index (χ1v) is 5.72. The Bertz CT molecular complexity index is 596. The van der Waals surface area contributed by atoms with Crippen molar-refractivity contribution in [2.75, 3.05) is 12.4 Å². The first-order chi connectivity index (χ1) is 9.13. The van der Waals surface area contributed by atoms with Gasteiger partial charge in [-0.25, -0.2) is 9.37 Å². The van der Waals surface area contributed by atoms with Crippen LogP contribution in [0, 0.1) is 12.7 Å². The van der Waals surface area contributed by atoms with E-state index in [1.807, 2.05) is 6.92 Å². The van der Waals surface area contributed by atoms with Gasteiger partial charge in [0.05, 0.1) is 11.8 Å². The van der Waals surface area contributed by atoms with Gasteiger partial charge in [0.25, 0.3) is 5.91 Å². The van der Waals surface area contributed by atoms with Gasteiger partial charge in [-0.05, 0) is 13.0 Å². The summed E-state index contributed by atoms with van der Waals surface area (Å²) < 4.78 is 13.9. The summed E-state index contributed by atoms with van der Waals surface area (Å²) in [6.45, 7) is 2.14. The lowest BCUT2D eigenvalue weighted by atomic mass is 10.2. The Kier molecular flexibility index (Phi) is 3.74. The van der Waals surface area contributed by atoms with Gasteiger partial charge >= 0.3 is 0 Å². The van der Waals surface area contributed by atoms with Gasteiger partial charge < -0.3 is 10.6 Å². The van der Waals surface area contributed by atoms with Crippen molar-refractivity contribution in [2.24, 2.45) is 0 Å². The molecule has 2 aromatic rings. The largest absolute Gasteiger partial charge is 0.371 e. The fourth-order valence-corrected chi connectivity index (χ4v) is 1.62. The van der Waals surface area contributed by atoms with Crippen LogP contribution >= 0.6 is 0 Å². The molecule has 0 radical (unpaired) electrons. The molecule has 0 bridgehead atoms. The van der Waals surface area contributed by atoms with E-state index in [4.69, 9.17) is 0 Å². The molecule has 0 fully saturated rings. The Morgan fingerprint density at radius 3 is 2.95 bits per heavy atom. The number of halogens is 1. The van der Waals surface area contributed by atoms with Crippen LogP contribution in [0.25, 0.3) is 0 Å². The molecule has 19 heavy (non-hydrogen) atoms. The van der Waals surface area contributed by atoms with Gasteiger partial charge in [-0.2, -0.15) is 5.10 Å². The molecule has 0 spiro atoms. The summed E-state index contributed by atoms with van der Waals surface area (Å²) in [6.07, 6.45) is 3.00. The van der Waals surface area contributed by atoms with Crippen molar-refractivity contribution in [1.82, 2.24) is 20.5 Å². The normalized spacial score (nSPS) is 10.3. The lowest BCUT2D eigenvalue weighted by Gasteiger charge is -2.07. The van der Waals surface area contributed by atoms with E-state index in [0.29, 0.717) is 0 Å². The minimum Gasteiger partial charge on any atom is -0.371 e. The number of pyridine rings is 1. The van der Waals surface area contributed by atoms with Crippen LogP contribution in [0.2, 0.25) is 0 Å². The highest BCUT2D eigenvalue weighted by atomic mass is 19.1. The zero-order valence-corrected chi connectivity index (χ0v) is 10.6. The highest BCUT2D eigenvalue weighted by Crippen LogP contribution is 2.14. The Morgan fingerprint density at radius 1 is 1.53 bits per heavy atom. The molecule has 2 aromatic heterocycles. The van der Waals surface area contributed by atoms with E-state index in [1.165, 1.54) is 12.3 Å². The molecule has 0 aliphatic rings. The second kappa shape index (κ2) is 5.47. The average Bonchev–Trinajstić information content (AvgIpc) is 2.82. The summed E-state index contributed by atoms with van der Waals surface area (Å²) in [7, 11) is 1.54. The SMILES string of the molecule is CNc1nccc(C(=O)NCc2cn[nH]c2C)c1F. The topological polar surface area (TPSA) is 82.7 Å². The third kappa shape index (κ3) is 2.70. The second-order valence-corrected chi connectivity index (χ2v) is 3.97. The van der Waals surface area contributed by atoms with Crippen molar-refractivity contribution in [3.63, 3.8) is 0 Å². The molecule has 3 N–H and O–H groups in total. The highest BCUT2D eigenvalue weighted by molar-refractivity contribution is 5.95. The maximum absolute atomic E-state index is 13.9. The maximum atomic E-state index is 13.9. The smallest absolute Gasteiger partial charge is 0.254 e. The molecule has 0 saturated heterocycles. The Hall–Kier alpha value is -2.44. The van der Waals surface area contributed by atoms with Crippen LogP contribution in [-0.2, 0) is 6.54 Å². The van der Waals surface area contributed by atoms with Crippen molar-refractivity contribution in [2.45, 2.75) is 13.5 Å². The summed E-state index contributed by atoms with van der Waals surface area (Å²) in [5.41, 5.74) is 1.68. The van der Waals surface area contributed by atoms with Gasteiger partial charge in [0.2, 0.25) is 0 Å². The first-order valence-electron chi connectivity index (χ1n) is 5.72. The third-order valence-corrected chi connectivity index (χ3v) is 2.74. The number of aromatic amines is 1. The van der Waals surface area contributed by atoms with Crippen molar-refractivity contribution < 1.29 is 9.18 Å². The Balaban J connectivity index is 2.10. The van der Waals surface area contributed by atoms with Crippen LogP contribution in [0.4, 0.5) is 10.2 Å². The number of amides is 1. The molecule has 2 heterocycles. The highest BCUT2D eigenvalue weighted by Gasteiger charge is 2.15. The number of rotatable bonds is 4. The van der Waals surface area contributed by atoms with E-state index in [9.17, 15) is 9.18 Å². The molecule has 0 unspecified atom stereocenters. The van der Waals surface area contributed by atoms with Crippen LogP contribution < -0.4 is 10.6 Å². The van der Waals surface area contributed by atoms with Crippen molar-refractivity contribution in [3.05, 3.63) is 41.1 Å². The molecule has 100 valence electrons. The van der Waals surface area contributed by atoms with Gasteiger partial charge in [-0.1, -0.05) is 0 Å². The van der Waals surface area contributed by atoms with Gasteiger partial charge in [0.15, 0.2) is 11.6 Å². The molecule has 2 rings (SSSR count). The van der Waals surface area contributed by atoms with Crippen LogP contribution in [0.5, 0.6) is 0 Å². The molecule has 0 aromatic carbocycles. The van der Waals surface area contributed by atoms with Crippen LogP contribution in [-0.4, -0.2) is 28.1 Å². The molecule has 0 saturated carbocycles. The van der Waals surface area contributed by atoms with E-state index >= 15 is 0 Å². The van der Waals surface area contributed by atoms with Crippen molar-refractivity contribution in [3.8, 4) is 0 Å². The fraction of sp³-hybridized carbons (Fsp3) is 0.250. The number of H-pyrrole nitrogens is 1. The number of nitrogens with one attached hydrogen (secondary N) is 3. The summed E-state index contributed by atoms with van der Waals surface area (Å²) in [4.78, 5) is 15.7. The number of carbonyl (C=O) groups excluding carboxylic acids is 1. The summed E-state index contributed by atoms with van der Waals surface area (Å²) in [5, 5.41) is 11.8. The van der Waals surface area contributed by atoms with Gasteiger partial charge in [0, 0.05) is 31.0 Å². The summed E-state index contributed by atoms with van der Waals surface area (Å²) >= 11 is 0. The van der Waals surface area contributed by atoms with E-state index in [1.54, 1.807) is 13.2 Å². The molecular formula is C12H14FN5O. The summed E-state index contributed by atoms with van der Waals surface area (Å²) in [5.74, 6) is -1.10. The summed E-state index contributed by atoms with van der Waals surface area (Å²) in [6, 6.07) is 1.34. The van der Waals surface area contributed by atoms with Gasteiger partial charge in [-0.3, -0.25) is 9.89 Å². The van der Waals surface area contributed by atoms with E-state index in [2.05, 4.69) is 25.8 Å². The number of carbonyl (C=O) groups is 1. The monoisotopic (exact) mass is 263 g/mol. The van der Waals surface area contributed by atoms with E-state index in [-0.39, 0.29) is 17.9 Å². The molecule has 0 aliphatic heterocycles. The Labute approximate surface area is 109 Å². The number of anilines is 1. The van der Waals surface area contributed by atoms with Crippen LogP contribution in [0.15, 0.2) is 18.5 Å². The first kappa shape index (κ1) is 13.0. The van der Waals surface area contributed by atoms with Gasteiger partial charge in [-0.15, -0.1) is 0 Å². The lowest BCUT2D eigenvalue weighted by Crippen LogP contribution is -2.24. The number of nitrogens with zero attached hydrogens (tertiary/aromatic N) is 2. The molecule has 0 aliphatic carbocycles. The zero-order chi connectivity index (χ0) is 13.8. The number of aryl methyl sites for hydroxylation is 1. The lowest BCUT2D eigenvalue weighted by molar-refractivity contribution is 0.0947. The number of hydrogen-bond acceptors (Lipinski definition) is 4. The Morgan fingerprint density at radius 2 is 2.32 bits per heavy atom. The fourth-order valence-electron chi connectivity index (χ4n) is 1.62. The molecule has 7 heteroatoms. The molecule has 0 atom stereocenters. The predicted octanol–water partition coefficient (Wildman–Crippen LogP) is 1.22. The van der Waals surface area contributed by atoms with Crippen molar-refractivity contribution in [1.29, 1.82) is 0 Å². The number of aromatic nitrogens is 3.